The van der Waals surface area contributed by atoms with Crippen LogP contribution in [0.1, 0.15) is 22.8 Å². The van der Waals surface area contributed by atoms with Crippen LogP contribution in [0.25, 0.3) is 0 Å². The molecule has 3 heteroatoms. The van der Waals surface area contributed by atoms with Gasteiger partial charge < -0.3 is 4.74 Å². The highest BCUT2D eigenvalue weighted by atomic mass is 79.9. The van der Waals surface area contributed by atoms with E-state index in [2.05, 4.69) is 27.8 Å². The van der Waals surface area contributed by atoms with Gasteiger partial charge in [-0.15, -0.1) is 0 Å². The largest absolute Gasteiger partial charge is 0.480 e. The molecule has 2 aromatic carbocycles. The van der Waals surface area contributed by atoms with Gasteiger partial charge in [0, 0.05) is 10.0 Å². The second-order valence-electron chi connectivity index (χ2n) is 4.15. The molecule has 2 aromatic rings. The van der Waals surface area contributed by atoms with Crippen molar-refractivity contribution in [1.82, 2.24) is 0 Å². The average Bonchev–Trinajstić information content (AvgIpc) is 2.45. The van der Waals surface area contributed by atoms with Gasteiger partial charge in [-0.2, -0.15) is 0 Å². The quantitative estimate of drug-likeness (QED) is 0.626. The molecular formula is C17H13BrO2. The Morgan fingerprint density at radius 1 is 1.20 bits per heavy atom. The van der Waals surface area contributed by atoms with Crippen molar-refractivity contribution in [3.63, 3.8) is 0 Å². The Balaban J connectivity index is 2.05. The summed E-state index contributed by atoms with van der Waals surface area (Å²) in [6, 6.07) is 15.1. The molecule has 0 N–H and O–H groups in total. The summed E-state index contributed by atoms with van der Waals surface area (Å²) < 4.78 is 6.41. The third-order valence-electron chi connectivity index (χ3n) is 2.63. The smallest absolute Gasteiger partial charge is 0.163 e. The third kappa shape index (κ3) is 3.97. The maximum absolute atomic E-state index is 11.5. The fourth-order valence-corrected chi connectivity index (χ4v) is 2.04. The lowest BCUT2D eigenvalue weighted by atomic mass is 10.1. The first kappa shape index (κ1) is 14.4. The fourth-order valence-electron chi connectivity index (χ4n) is 1.68. The molecule has 0 fully saturated rings. The van der Waals surface area contributed by atoms with E-state index in [1.54, 1.807) is 12.1 Å². The van der Waals surface area contributed by atoms with E-state index in [0.29, 0.717) is 11.3 Å². The Bertz CT molecular complexity index is 666. The predicted octanol–water partition coefficient (Wildman–Crippen LogP) is 4.08. The minimum Gasteiger partial charge on any atom is -0.480 e. The van der Waals surface area contributed by atoms with E-state index >= 15 is 0 Å². The van der Waals surface area contributed by atoms with Crippen LogP contribution in [0.4, 0.5) is 0 Å². The first-order valence-corrected chi connectivity index (χ1v) is 6.93. The highest BCUT2D eigenvalue weighted by molar-refractivity contribution is 9.10. The van der Waals surface area contributed by atoms with Crippen LogP contribution in [0.2, 0.25) is 0 Å². The Morgan fingerprint density at radius 3 is 2.65 bits per heavy atom. The number of benzene rings is 2. The molecule has 0 spiro atoms. The zero-order valence-corrected chi connectivity index (χ0v) is 12.6. The number of halogens is 1. The van der Waals surface area contributed by atoms with E-state index in [-0.39, 0.29) is 12.4 Å². The van der Waals surface area contributed by atoms with Crippen molar-refractivity contribution in [2.75, 3.05) is 6.61 Å². The molecule has 0 amide bonds. The van der Waals surface area contributed by atoms with Crippen molar-refractivity contribution in [3.05, 3.63) is 64.1 Å². The van der Waals surface area contributed by atoms with Gasteiger partial charge >= 0.3 is 0 Å². The number of carbonyl (C=O) groups is 1. The van der Waals surface area contributed by atoms with E-state index in [1.807, 2.05) is 36.4 Å². The topological polar surface area (TPSA) is 26.3 Å². The van der Waals surface area contributed by atoms with E-state index in [0.717, 1.165) is 10.0 Å². The summed E-state index contributed by atoms with van der Waals surface area (Å²) in [5.74, 6) is 6.47. The highest BCUT2D eigenvalue weighted by Crippen LogP contribution is 2.23. The molecule has 0 aliphatic heterocycles. The Morgan fingerprint density at radius 2 is 1.95 bits per heavy atom. The molecule has 0 aromatic heterocycles. The zero-order valence-electron chi connectivity index (χ0n) is 11.0. The van der Waals surface area contributed by atoms with E-state index in [4.69, 9.17) is 4.74 Å². The van der Waals surface area contributed by atoms with Gasteiger partial charge in [-0.25, -0.2) is 0 Å². The summed E-state index contributed by atoms with van der Waals surface area (Å²) in [5.41, 5.74) is 1.50. The molecule has 0 aliphatic rings. The lowest BCUT2D eigenvalue weighted by Gasteiger charge is -2.07. The summed E-state index contributed by atoms with van der Waals surface area (Å²) >= 11 is 3.34. The molecule has 0 radical (unpaired) electrons. The number of Topliss-reactive ketones (excluding diaryl/α,β-unsaturated/α-hetero) is 1. The van der Waals surface area contributed by atoms with Crippen LogP contribution >= 0.6 is 15.9 Å². The highest BCUT2D eigenvalue weighted by Gasteiger charge is 2.08. The van der Waals surface area contributed by atoms with E-state index < -0.39 is 0 Å². The summed E-state index contributed by atoms with van der Waals surface area (Å²) in [4.78, 5) is 11.5. The van der Waals surface area contributed by atoms with Crippen molar-refractivity contribution < 1.29 is 9.53 Å². The van der Waals surface area contributed by atoms with Gasteiger partial charge in [0.05, 0.1) is 5.56 Å². The van der Waals surface area contributed by atoms with Crippen molar-refractivity contribution in [3.8, 4) is 17.6 Å². The number of rotatable bonds is 3. The molecule has 2 rings (SSSR count). The molecule has 2 nitrogen and oxygen atoms in total. The van der Waals surface area contributed by atoms with Gasteiger partial charge in [-0.05, 0) is 37.3 Å². The SMILES string of the molecule is CC(=O)c1cc(Br)ccc1OCC#Cc1ccccc1. The maximum Gasteiger partial charge on any atom is 0.163 e. The lowest BCUT2D eigenvalue weighted by molar-refractivity contribution is 0.101. The van der Waals surface area contributed by atoms with Gasteiger partial charge in [0.15, 0.2) is 5.78 Å². The lowest BCUT2D eigenvalue weighted by Crippen LogP contribution is -2.01. The Kier molecular flexibility index (Phi) is 4.97. The van der Waals surface area contributed by atoms with Crippen LogP contribution < -0.4 is 4.74 Å². The minimum atomic E-state index is -0.0303. The Hall–Kier alpha value is -2.05. The fraction of sp³-hybridized carbons (Fsp3) is 0.118. The summed E-state index contributed by atoms with van der Waals surface area (Å²) in [5, 5.41) is 0. The maximum atomic E-state index is 11.5. The van der Waals surface area contributed by atoms with Gasteiger partial charge in [0.25, 0.3) is 0 Å². The molecule has 0 heterocycles. The number of ether oxygens (including phenoxy) is 1. The van der Waals surface area contributed by atoms with Crippen molar-refractivity contribution >= 4 is 21.7 Å². The molecule has 20 heavy (non-hydrogen) atoms. The molecule has 0 saturated carbocycles. The summed E-state index contributed by atoms with van der Waals surface area (Å²) in [6.45, 7) is 1.76. The van der Waals surface area contributed by atoms with Gasteiger partial charge in [-0.3, -0.25) is 4.79 Å². The minimum absolute atomic E-state index is 0.0303. The molecule has 0 unspecified atom stereocenters. The van der Waals surface area contributed by atoms with Crippen LogP contribution in [0.3, 0.4) is 0 Å². The van der Waals surface area contributed by atoms with Crippen molar-refractivity contribution in [1.29, 1.82) is 0 Å². The predicted molar refractivity (Wildman–Crippen MR) is 83.0 cm³/mol. The van der Waals surface area contributed by atoms with Crippen LogP contribution in [0.5, 0.6) is 5.75 Å². The van der Waals surface area contributed by atoms with Gasteiger partial charge in [0.1, 0.15) is 12.4 Å². The normalized spacial score (nSPS) is 9.50. The molecular weight excluding hydrogens is 316 g/mol. The van der Waals surface area contributed by atoms with Crippen LogP contribution in [-0.2, 0) is 0 Å². The van der Waals surface area contributed by atoms with Crippen molar-refractivity contribution in [2.24, 2.45) is 0 Å². The second-order valence-corrected chi connectivity index (χ2v) is 5.07. The van der Waals surface area contributed by atoms with Crippen molar-refractivity contribution in [2.45, 2.75) is 6.92 Å². The molecule has 0 aliphatic carbocycles. The second kappa shape index (κ2) is 6.93. The standard InChI is InChI=1S/C17H13BrO2/c1-13(19)16-12-15(18)9-10-17(16)20-11-5-8-14-6-3-2-4-7-14/h2-4,6-7,9-10,12H,11H2,1H3. The monoisotopic (exact) mass is 328 g/mol. The molecule has 100 valence electrons. The Labute approximate surface area is 126 Å². The van der Waals surface area contributed by atoms with Crippen LogP contribution in [0, 0.1) is 11.8 Å². The number of ketones is 1. The third-order valence-corrected chi connectivity index (χ3v) is 3.12. The molecule has 0 bridgehead atoms. The molecule has 0 atom stereocenters. The number of hydrogen-bond donors (Lipinski definition) is 0. The number of carbonyl (C=O) groups excluding carboxylic acids is 1. The van der Waals surface area contributed by atoms with E-state index in [1.165, 1.54) is 6.92 Å². The zero-order chi connectivity index (χ0) is 14.4. The van der Waals surface area contributed by atoms with Crippen LogP contribution in [0.15, 0.2) is 53.0 Å². The van der Waals surface area contributed by atoms with E-state index in [9.17, 15) is 4.79 Å². The molecule has 0 saturated heterocycles. The first-order chi connectivity index (χ1) is 9.66. The van der Waals surface area contributed by atoms with Crippen LogP contribution in [-0.4, -0.2) is 12.4 Å². The summed E-state index contributed by atoms with van der Waals surface area (Å²) in [7, 11) is 0. The number of hydrogen-bond acceptors (Lipinski definition) is 2. The average molecular weight is 329 g/mol. The van der Waals surface area contributed by atoms with Gasteiger partial charge in [0.2, 0.25) is 0 Å². The summed E-state index contributed by atoms with van der Waals surface area (Å²) in [6.07, 6.45) is 0. The first-order valence-electron chi connectivity index (χ1n) is 6.14. The van der Waals surface area contributed by atoms with Gasteiger partial charge in [-0.1, -0.05) is 46.0 Å².